The first-order valence-electron chi connectivity index (χ1n) is 12.7. The summed E-state index contributed by atoms with van der Waals surface area (Å²) in [5.74, 6) is 0. The highest BCUT2D eigenvalue weighted by Gasteiger charge is 2.42. The van der Waals surface area contributed by atoms with Crippen molar-refractivity contribution in [2.24, 2.45) is 0 Å². The van der Waals surface area contributed by atoms with Crippen LogP contribution >= 0.6 is 12.2 Å². The second-order valence-electron chi connectivity index (χ2n) is 9.93. The summed E-state index contributed by atoms with van der Waals surface area (Å²) >= 11 is 5.95. The number of anilines is 1. The van der Waals surface area contributed by atoms with Crippen molar-refractivity contribution in [3.05, 3.63) is 112 Å². The third-order valence-electron chi connectivity index (χ3n) is 7.37. The van der Waals surface area contributed by atoms with Crippen LogP contribution in [0.15, 0.2) is 66.9 Å². The zero-order chi connectivity index (χ0) is 25.6. The molecular weight excluding hydrogens is 460 g/mol. The minimum Gasteiger partial charge on any atom is -0.351 e. The van der Waals surface area contributed by atoms with Crippen LogP contribution in [0.5, 0.6) is 0 Å². The molecule has 0 saturated carbocycles. The van der Waals surface area contributed by atoms with Crippen LogP contribution in [0.1, 0.15) is 63.9 Å². The van der Waals surface area contributed by atoms with E-state index in [0.717, 1.165) is 22.9 Å². The predicted molar refractivity (Wildman–Crippen MR) is 153 cm³/mol. The number of aryl methyl sites for hydroxylation is 5. The molecule has 1 N–H and O–H groups in total. The Hall–Kier alpha value is -3.44. The Morgan fingerprint density at radius 1 is 0.917 bits per heavy atom. The maximum Gasteiger partial charge on any atom is 0.174 e. The smallest absolute Gasteiger partial charge is 0.174 e. The topological polar surface area (TPSA) is 33.1 Å². The standard InChI is InChI=1S/C31H34N4S/c1-7-24-11-13-25(14-12-24)35-30(28(33-31(35)36)27-10-8-9-15-32-27)26-18-22(5)34(23(26)6)29-20(3)16-19(2)17-21(29)4/h8-18,28,30H,7H2,1-6H3,(H,33,36)/t28-,30+/m1/s1. The molecule has 2 atom stereocenters. The van der Waals surface area contributed by atoms with E-state index in [9.17, 15) is 0 Å². The van der Waals surface area contributed by atoms with E-state index in [-0.39, 0.29) is 12.1 Å². The zero-order valence-electron chi connectivity index (χ0n) is 22.0. The number of thiocarbonyl (C=S) groups is 1. The van der Waals surface area contributed by atoms with Gasteiger partial charge >= 0.3 is 0 Å². The first-order valence-corrected chi connectivity index (χ1v) is 13.1. The molecule has 1 aliphatic rings. The molecule has 2 aromatic carbocycles. The van der Waals surface area contributed by atoms with Crippen molar-refractivity contribution in [1.82, 2.24) is 14.9 Å². The molecule has 5 heteroatoms. The molecule has 0 spiro atoms. The monoisotopic (exact) mass is 494 g/mol. The lowest BCUT2D eigenvalue weighted by atomic mass is 9.96. The molecule has 0 aliphatic carbocycles. The van der Waals surface area contributed by atoms with E-state index < -0.39 is 0 Å². The number of hydrogen-bond donors (Lipinski definition) is 1. The van der Waals surface area contributed by atoms with Crippen LogP contribution in [-0.2, 0) is 6.42 Å². The summed E-state index contributed by atoms with van der Waals surface area (Å²) in [6, 6.07) is 21.7. The van der Waals surface area contributed by atoms with E-state index in [2.05, 4.69) is 105 Å². The van der Waals surface area contributed by atoms with Gasteiger partial charge in [-0.1, -0.05) is 42.8 Å². The minimum absolute atomic E-state index is 0.0223. The fourth-order valence-corrected chi connectivity index (χ4v) is 6.14. The minimum atomic E-state index is -0.0567. The average Bonchev–Trinajstić information content (AvgIpc) is 3.35. The Kier molecular flexibility index (Phi) is 6.44. The molecule has 0 unspecified atom stereocenters. The van der Waals surface area contributed by atoms with Gasteiger partial charge in [0.15, 0.2) is 5.11 Å². The summed E-state index contributed by atoms with van der Waals surface area (Å²) in [4.78, 5) is 7.00. The molecule has 0 amide bonds. The number of rotatable bonds is 5. The maximum atomic E-state index is 5.95. The highest BCUT2D eigenvalue weighted by molar-refractivity contribution is 7.80. The summed E-state index contributed by atoms with van der Waals surface area (Å²) in [6.45, 7) is 13.2. The van der Waals surface area contributed by atoms with Crippen molar-refractivity contribution in [1.29, 1.82) is 0 Å². The largest absolute Gasteiger partial charge is 0.351 e. The molecule has 0 bridgehead atoms. The lowest BCUT2D eigenvalue weighted by Gasteiger charge is -2.28. The molecule has 4 nitrogen and oxygen atoms in total. The predicted octanol–water partition coefficient (Wildman–Crippen LogP) is 7.15. The van der Waals surface area contributed by atoms with Crippen LogP contribution in [0.2, 0.25) is 0 Å². The number of nitrogens with zero attached hydrogens (tertiary/aromatic N) is 3. The van der Waals surface area contributed by atoms with Gasteiger partial charge in [0.25, 0.3) is 0 Å². The maximum absolute atomic E-state index is 5.95. The lowest BCUT2D eigenvalue weighted by Crippen LogP contribution is -2.29. The van der Waals surface area contributed by atoms with Crippen LogP contribution in [0.4, 0.5) is 5.69 Å². The Balaban J connectivity index is 1.69. The normalized spacial score (nSPS) is 17.5. The van der Waals surface area contributed by atoms with Gasteiger partial charge in [-0.05, 0) is 106 Å². The zero-order valence-corrected chi connectivity index (χ0v) is 22.8. The van der Waals surface area contributed by atoms with Crippen molar-refractivity contribution >= 4 is 23.0 Å². The quantitative estimate of drug-likeness (QED) is 0.299. The Morgan fingerprint density at radius 2 is 1.61 bits per heavy atom. The molecule has 4 aromatic rings. The summed E-state index contributed by atoms with van der Waals surface area (Å²) in [5.41, 5.74) is 12.2. The fraction of sp³-hybridized carbons (Fsp3) is 0.290. The van der Waals surface area contributed by atoms with Gasteiger partial charge in [-0.3, -0.25) is 4.98 Å². The molecule has 3 heterocycles. The Labute approximate surface area is 220 Å². The molecule has 0 radical (unpaired) electrons. The molecule has 2 aromatic heterocycles. The fourth-order valence-electron chi connectivity index (χ4n) is 5.80. The number of hydrogen-bond acceptors (Lipinski definition) is 2. The number of nitrogens with one attached hydrogen (secondary N) is 1. The number of benzene rings is 2. The molecule has 1 aliphatic heterocycles. The van der Waals surface area contributed by atoms with Crippen molar-refractivity contribution in [2.45, 2.75) is 60.0 Å². The molecule has 1 fully saturated rings. The highest BCUT2D eigenvalue weighted by Crippen LogP contribution is 2.44. The SMILES string of the molecule is CCc1ccc(N2C(=S)N[C@H](c3ccccn3)[C@@H]2c2cc(C)n(-c3c(C)cc(C)cc3C)c2C)cc1. The molecule has 184 valence electrons. The van der Waals surface area contributed by atoms with Crippen molar-refractivity contribution < 1.29 is 0 Å². The van der Waals surface area contributed by atoms with Gasteiger partial charge in [-0.25, -0.2) is 0 Å². The van der Waals surface area contributed by atoms with Gasteiger partial charge in [-0.2, -0.15) is 0 Å². The van der Waals surface area contributed by atoms with Crippen LogP contribution in [0.3, 0.4) is 0 Å². The van der Waals surface area contributed by atoms with E-state index in [1.165, 1.54) is 44.9 Å². The average molecular weight is 495 g/mol. The Morgan fingerprint density at radius 3 is 2.22 bits per heavy atom. The van der Waals surface area contributed by atoms with E-state index in [1.54, 1.807) is 0 Å². The number of pyridine rings is 1. The Bertz CT molecular complexity index is 1400. The van der Waals surface area contributed by atoms with Gasteiger partial charge in [-0.15, -0.1) is 0 Å². The summed E-state index contributed by atoms with van der Waals surface area (Å²) in [7, 11) is 0. The highest BCUT2D eigenvalue weighted by atomic mass is 32.1. The summed E-state index contributed by atoms with van der Waals surface area (Å²) in [5, 5.41) is 4.34. The van der Waals surface area contributed by atoms with Crippen molar-refractivity contribution in [2.75, 3.05) is 4.90 Å². The summed E-state index contributed by atoms with van der Waals surface area (Å²) < 4.78 is 2.41. The third kappa shape index (κ3) is 4.11. The van der Waals surface area contributed by atoms with Gasteiger partial charge in [0, 0.05) is 23.3 Å². The first-order chi connectivity index (χ1) is 17.3. The van der Waals surface area contributed by atoms with Gasteiger partial charge in [0.05, 0.1) is 23.5 Å². The van der Waals surface area contributed by atoms with E-state index in [0.29, 0.717) is 0 Å². The van der Waals surface area contributed by atoms with E-state index in [1.807, 2.05) is 18.3 Å². The van der Waals surface area contributed by atoms with Crippen LogP contribution in [-0.4, -0.2) is 14.7 Å². The van der Waals surface area contributed by atoms with Crippen molar-refractivity contribution in [3.63, 3.8) is 0 Å². The van der Waals surface area contributed by atoms with Crippen molar-refractivity contribution in [3.8, 4) is 5.69 Å². The molecular formula is C31H34N4S. The molecule has 1 saturated heterocycles. The van der Waals surface area contributed by atoms with E-state index in [4.69, 9.17) is 17.2 Å². The second kappa shape index (κ2) is 9.55. The first kappa shape index (κ1) is 24.3. The van der Waals surface area contributed by atoms with Crippen LogP contribution in [0.25, 0.3) is 5.69 Å². The van der Waals surface area contributed by atoms with Gasteiger partial charge in [0.1, 0.15) is 0 Å². The molecule has 36 heavy (non-hydrogen) atoms. The second-order valence-corrected chi connectivity index (χ2v) is 10.3. The third-order valence-corrected chi connectivity index (χ3v) is 7.68. The van der Waals surface area contributed by atoms with E-state index >= 15 is 0 Å². The lowest BCUT2D eigenvalue weighted by molar-refractivity contribution is 0.565. The van der Waals surface area contributed by atoms with Gasteiger partial charge < -0.3 is 14.8 Å². The molecule has 5 rings (SSSR count). The van der Waals surface area contributed by atoms with Crippen LogP contribution < -0.4 is 10.2 Å². The van der Waals surface area contributed by atoms with Gasteiger partial charge in [0.2, 0.25) is 0 Å². The summed E-state index contributed by atoms with van der Waals surface area (Å²) in [6.07, 6.45) is 2.87. The number of aromatic nitrogens is 2. The van der Waals surface area contributed by atoms with Crippen LogP contribution in [0, 0.1) is 34.6 Å².